The van der Waals surface area contributed by atoms with Gasteiger partial charge >= 0.3 is 5.97 Å². The van der Waals surface area contributed by atoms with E-state index >= 15 is 0 Å². The van der Waals surface area contributed by atoms with E-state index in [0.29, 0.717) is 33.1 Å². The lowest BCUT2D eigenvalue weighted by Crippen LogP contribution is -2.15. The van der Waals surface area contributed by atoms with Crippen molar-refractivity contribution < 1.29 is 23.8 Å². The average Bonchev–Trinajstić information content (AvgIpc) is 2.82. The van der Waals surface area contributed by atoms with E-state index in [-0.39, 0.29) is 0 Å². The molecule has 0 aliphatic rings. The van der Waals surface area contributed by atoms with Crippen LogP contribution in [0.1, 0.15) is 26.3 Å². The summed E-state index contributed by atoms with van der Waals surface area (Å²) in [5.41, 5.74) is 1.12. The molecule has 0 unspecified atom stereocenters. The zero-order chi connectivity index (χ0) is 22.2. The molecule has 6 nitrogen and oxygen atoms in total. The lowest BCUT2D eigenvalue weighted by molar-refractivity contribution is 0.0470. The van der Waals surface area contributed by atoms with Crippen molar-refractivity contribution in [3.8, 4) is 17.6 Å². The van der Waals surface area contributed by atoms with Crippen molar-refractivity contribution in [3.63, 3.8) is 0 Å². The summed E-state index contributed by atoms with van der Waals surface area (Å²) >= 11 is 1.29. The van der Waals surface area contributed by atoms with Gasteiger partial charge in [0.2, 0.25) is 5.78 Å². The van der Waals surface area contributed by atoms with E-state index in [1.807, 2.05) is 12.1 Å². The van der Waals surface area contributed by atoms with Gasteiger partial charge in [-0.1, -0.05) is 36.0 Å². The highest BCUT2D eigenvalue weighted by Crippen LogP contribution is 2.33. The predicted octanol–water partition coefficient (Wildman–Crippen LogP) is 4.77. The lowest BCUT2D eigenvalue weighted by atomic mass is 10.1. The van der Waals surface area contributed by atoms with Gasteiger partial charge in [-0.15, -0.1) is 0 Å². The van der Waals surface area contributed by atoms with Gasteiger partial charge < -0.3 is 14.2 Å². The molecule has 0 saturated carbocycles. The van der Waals surface area contributed by atoms with E-state index in [4.69, 9.17) is 14.2 Å². The molecule has 3 aromatic rings. The Morgan fingerprint density at radius 2 is 1.61 bits per heavy atom. The van der Waals surface area contributed by atoms with Crippen molar-refractivity contribution in [2.45, 2.75) is 9.79 Å². The second-order valence-electron chi connectivity index (χ2n) is 6.27. The van der Waals surface area contributed by atoms with Gasteiger partial charge in [-0.2, -0.15) is 5.26 Å². The number of ether oxygens (including phenoxy) is 3. The number of carbonyl (C=O) groups excluding carboxylic acids is 2. The zero-order valence-corrected chi connectivity index (χ0v) is 17.8. The van der Waals surface area contributed by atoms with E-state index in [2.05, 4.69) is 6.07 Å². The van der Waals surface area contributed by atoms with Crippen LogP contribution in [-0.2, 0) is 4.74 Å². The van der Waals surface area contributed by atoms with E-state index in [1.54, 1.807) is 54.6 Å². The second kappa shape index (κ2) is 10.3. The molecule has 3 rings (SSSR count). The fourth-order valence-corrected chi connectivity index (χ4v) is 3.82. The lowest BCUT2D eigenvalue weighted by Gasteiger charge is -2.11. The van der Waals surface area contributed by atoms with Crippen LogP contribution in [0.2, 0.25) is 0 Å². The summed E-state index contributed by atoms with van der Waals surface area (Å²) in [6, 6.07) is 21.0. The summed E-state index contributed by atoms with van der Waals surface area (Å²) in [5, 5.41) is 9.29. The molecule has 7 heteroatoms. The van der Waals surface area contributed by atoms with Crippen LogP contribution in [0, 0.1) is 11.3 Å². The SMILES string of the molecule is COc1ccc(C(=O)COC(=O)c2ccccc2Sc2ccccc2C#N)c(OC)c1. The summed E-state index contributed by atoms with van der Waals surface area (Å²) in [5.74, 6) is -0.135. The molecule has 0 fully saturated rings. The summed E-state index contributed by atoms with van der Waals surface area (Å²) in [6.07, 6.45) is 0. The Bertz CT molecular complexity index is 1150. The molecule has 31 heavy (non-hydrogen) atoms. The van der Waals surface area contributed by atoms with Crippen LogP contribution >= 0.6 is 11.8 Å². The van der Waals surface area contributed by atoms with Gasteiger partial charge in [0.15, 0.2) is 6.61 Å². The minimum absolute atomic E-state index is 0.293. The third-order valence-electron chi connectivity index (χ3n) is 4.38. The van der Waals surface area contributed by atoms with Crippen LogP contribution in [0.25, 0.3) is 0 Å². The topological polar surface area (TPSA) is 85.6 Å². The van der Waals surface area contributed by atoms with Crippen molar-refractivity contribution in [2.75, 3.05) is 20.8 Å². The summed E-state index contributed by atoms with van der Waals surface area (Å²) in [7, 11) is 2.96. The molecule has 156 valence electrons. The maximum Gasteiger partial charge on any atom is 0.339 e. The quantitative estimate of drug-likeness (QED) is 0.374. The number of nitriles is 1. The maximum absolute atomic E-state index is 12.7. The Labute approximate surface area is 184 Å². The molecule has 0 aliphatic heterocycles. The standard InChI is InChI=1S/C24H19NO5S/c1-28-17-11-12-18(21(13-17)29-2)20(26)15-30-24(27)19-8-4-6-10-23(19)31-22-9-5-3-7-16(22)14-25/h3-13H,15H2,1-2H3. The van der Waals surface area contributed by atoms with Crippen LogP contribution in [0.5, 0.6) is 11.5 Å². The first-order chi connectivity index (χ1) is 15.1. The molecule has 0 radical (unpaired) electrons. The minimum atomic E-state index is -0.627. The fraction of sp³-hybridized carbons (Fsp3) is 0.125. The molecular weight excluding hydrogens is 414 g/mol. The smallest absolute Gasteiger partial charge is 0.339 e. The van der Waals surface area contributed by atoms with Gasteiger partial charge in [-0.3, -0.25) is 4.79 Å². The van der Waals surface area contributed by atoms with Crippen LogP contribution in [0.3, 0.4) is 0 Å². The fourth-order valence-electron chi connectivity index (χ4n) is 2.81. The molecule has 3 aromatic carbocycles. The number of nitrogens with zero attached hydrogens (tertiary/aromatic N) is 1. The molecule has 0 heterocycles. The average molecular weight is 433 g/mol. The van der Waals surface area contributed by atoms with E-state index < -0.39 is 18.4 Å². The number of benzene rings is 3. The van der Waals surface area contributed by atoms with Gasteiger partial charge in [-0.05, 0) is 36.4 Å². The molecule has 0 bridgehead atoms. The number of Topliss-reactive ketones (excluding diaryl/α,β-unsaturated/α-hetero) is 1. The van der Waals surface area contributed by atoms with Gasteiger partial charge in [0, 0.05) is 15.9 Å². The Morgan fingerprint density at radius 1 is 0.903 bits per heavy atom. The Morgan fingerprint density at radius 3 is 2.32 bits per heavy atom. The summed E-state index contributed by atoms with van der Waals surface area (Å²) < 4.78 is 15.6. The third kappa shape index (κ3) is 5.24. The highest BCUT2D eigenvalue weighted by molar-refractivity contribution is 7.99. The summed E-state index contributed by atoms with van der Waals surface area (Å²) in [6.45, 7) is -0.435. The molecule has 0 saturated heterocycles. The third-order valence-corrected chi connectivity index (χ3v) is 5.53. The molecule has 0 amide bonds. The number of carbonyl (C=O) groups is 2. The van der Waals surface area contributed by atoms with E-state index in [1.165, 1.54) is 26.0 Å². The number of hydrogen-bond acceptors (Lipinski definition) is 7. The zero-order valence-electron chi connectivity index (χ0n) is 17.0. The van der Waals surface area contributed by atoms with E-state index in [0.717, 1.165) is 4.90 Å². The molecule has 0 aromatic heterocycles. The monoisotopic (exact) mass is 433 g/mol. The predicted molar refractivity (Wildman–Crippen MR) is 116 cm³/mol. The highest BCUT2D eigenvalue weighted by Gasteiger charge is 2.19. The van der Waals surface area contributed by atoms with Crippen molar-refractivity contribution in [1.82, 2.24) is 0 Å². The largest absolute Gasteiger partial charge is 0.497 e. The van der Waals surface area contributed by atoms with Crippen molar-refractivity contribution in [2.24, 2.45) is 0 Å². The van der Waals surface area contributed by atoms with Crippen LogP contribution in [0.15, 0.2) is 76.5 Å². The van der Waals surface area contributed by atoms with Gasteiger partial charge in [0.1, 0.15) is 17.6 Å². The van der Waals surface area contributed by atoms with Crippen molar-refractivity contribution in [3.05, 3.63) is 83.4 Å². The Hall–Kier alpha value is -3.76. The summed E-state index contributed by atoms with van der Waals surface area (Å²) in [4.78, 5) is 26.6. The van der Waals surface area contributed by atoms with E-state index in [9.17, 15) is 14.9 Å². The molecular formula is C24H19NO5S. The number of methoxy groups -OCH3 is 2. The minimum Gasteiger partial charge on any atom is -0.497 e. The second-order valence-corrected chi connectivity index (χ2v) is 7.36. The molecule has 0 aliphatic carbocycles. The first-order valence-electron chi connectivity index (χ1n) is 9.25. The molecule has 0 spiro atoms. The highest BCUT2D eigenvalue weighted by atomic mass is 32.2. The Balaban J connectivity index is 1.75. The molecule has 0 atom stereocenters. The van der Waals surface area contributed by atoms with Gasteiger partial charge in [-0.25, -0.2) is 4.79 Å². The normalized spacial score (nSPS) is 10.1. The first-order valence-corrected chi connectivity index (χ1v) is 10.1. The Kier molecular flexibility index (Phi) is 7.31. The van der Waals surface area contributed by atoms with Crippen molar-refractivity contribution >= 4 is 23.5 Å². The van der Waals surface area contributed by atoms with Gasteiger partial charge in [0.25, 0.3) is 0 Å². The van der Waals surface area contributed by atoms with Crippen molar-refractivity contribution in [1.29, 1.82) is 5.26 Å². The van der Waals surface area contributed by atoms with Crippen LogP contribution in [0.4, 0.5) is 0 Å². The van der Waals surface area contributed by atoms with Gasteiger partial charge in [0.05, 0.1) is 30.9 Å². The number of ketones is 1. The number of esters is 1. The number of rotatable bonds is 8. The van der Waals surface area contributed by atoms with Crippen LogP contribution < -0.4 is 9.47 Å². The maximum atomic E-state index is 12.7. The number of hydrogen-bond donors (Lipinski definition) is 0. The molecule has 0 N–H and O–H groups in total. The first kappa shape index (κ1) is 21.9. The van der Waals surface area contributed by atoms with Crippen LogP contribution in [-0.4, -0.2) is 32.6 Å².